The zero-order valence-electron chi connectivity index (χ0n) is 18.6. The summed E-state index contributed by atoms with van der Waals surface area (Å²) in [4.78, 5) is 12.4. The zero-order chi connectivity index (χ0) is 23.6. The van der Waals surface area contributed by atoms with Gasteiger partial charge in [-0.2, -0.15) is 13.2 Å². The first-order chi connectivity index (χ1) is 15.2. The molecule has 0 N–H and O–H groups in total. The van der Waals surface area contributed by atoms with Crippen molar-refractivity contribution in [1.29, 1.82) is 0 Å². The zero-order valence-corrected chi connectivity index (χ0v) is 18.6. The largest absolute Gasteiger partial charge is 0.449 e. The molecule has 2 rings (SSSR count). The van der Waals surface area contributed by atoms with Gasteiger partial charge in [-0.05, 0) is 43.0 Å². The van der Waals surface area contributed by atoms with Gasteiger partial charge in [0.2, 0.25) is 5.76 Å². The topological polar surface area (TPSA) is 26.3 Å². The fraction of sp³-hybridized carbons (Fsp3) is 0.423. The molecule has 2 aromatic carbocycles. The van der Waals surface area contributed by atoms with Crippen molar-refractivity contribution in [2.75, 3.05) is 0 Å². The summed E-state index contributed by atoms with van der Waals surface area (Å²) < 4.78 is 59.3. The van der Waals surface area contributed by atoms with E-state index in [2.05, 4.69) is 6.92 Å². The van der Waals surface area contributed by atoms with Crippen LogP contribution in [-0.4, -0.2) is 12.1 Å². The highest BCUT2D eigenvalue weighted by atomic mass is 19.4. The van der Waals surface area contributed by atoms with E-state index in [-0.39, 0.29) is 12.0 Å². The van der Waals surface area contributed by atoms with Gasteiger partial charge in [-0.15, -0.1) is 0 Å². The maximum absolute atomic E-state index is 14.6. The normalized spacial score (nSPS) is 13.1. The third-order valence-corrected chi connectivity index (χ3v) is 5.31. The molecule has 1 atom stereocenters. The van der Waals surface area contributed by atoms with Crippen LogP contribution in [0.15, 0.2) is 60.4 Å². The number of benzene rings is 2. The molecule has 0 saturated heterocycles. The maximum Gasteiger partial charge on any atom is 0.449 e. The Morgan fingerprint density at radius 3 is 2.28 bits per heavy atom. The van der Waals surface area contributed by atoms with Crippen molar-refractivity contribution in [2.45, 2.75) is 70.9 Å². The summed E-state index contributed by atoms with van der Waals surface area (Å²) >= 11 is 0. The van der Waals surface area contributed by atoms with Crippen molar-refractivity contribution in [3.63, 3.8) is 0 Å². The van der Waals surface area contributed by atoms with Gasteiger partial charge < -0.3 is 4.74 Å². The predicted molar refractivity (Wildman–Crippen MR) is 118 cm³/mol. The Balaban J connectivity index is 2.03. The van der Waals surface area contributed by atoms with Crippen LogP contribution >= 0.6 is 0 Å². The Hall–Kier alpha value is -2.63. The van der Waals surface area contributed by atoms with Crippen molar-refractivity contribution in [2.24, 2.45) is 0 Å². The number of carbonyl (C=O) groups excluding carboxylic acids is 1. The van der Waals surface area contributed by atoms with E-state index < -0.39 is 29.6 Å². The van der Waals surface area contributed by atoms with Gasteiger partial charge in [-0.25, -0.2) is 4.39 Å². The fourth-order valence-corrected chi connectivity index (χ4v) is 3.36. The molecule has 0 aromatic heterocycles. The monoisotopic (exact) mass is 450 g/mol. The summed E-state index contributed by atoms with van der Waals surface area (Å²) in [5, 5.41) is 0. The lowest BCUT2D eigenvalue weighted by atomic mass is 9.97. The van der Waals surface area contributed by atoms with Gasteiger partial charge in [0, 0.05) is 5.56 Å². The molecule has 0 saturated carbocycles. The van der Waals surface area contributed by atoms with Gasteiger partial charge in [0.05, 0.1) is 5.92 Å². The number of unbranched alkanes of at least 4 members (excludes halogenated alkanes) is 6. The molecule has 2 aromatic rings. The summed E-state index contributed by atoms with van der Waals surface area (Å²) in [5.41, 5.74) is 1.28. The molecule has 0 aliphatic heterocycles. The molecule has 0 radical (unpaired) electrons. The number of hydrogen-bond donors (Lipinski definition) is 0. The van der Waals surface area contributed by atoms with Gasteiger partial charge in [0.1, 0.15) is 5.82 Å². The second-order valence-corrected chi connectivity index (χ2v) is 7.87. The lowest BCUT2D eigenvalue weighted by Crippen LogP contribution is -2.21. The second kappa shape index (κ2) is 12.4. The smallest absolute Gasteiger partial charge is 0.421 e. The van der Waals surface area contributed by atoms with Crippen LogP contribution in [0.5, 0.6) is 0 Å². The van der Waals surface area contributed by atoms with Crippen LogP contribution < -0.4 is 0 Å². The Labute approximate surface area is 187 Å². The highest BCUT2D eigenvalue weighted by Crippen LogP contribution is 2.31. The molecule has 0 heterocycles. The van der Waals surface area contributed by atoms with Crippen LogP contribution in [0.3, 0.4) is 0 Å². The molecule has 0 spiro atoms. The third-order valence-electron chi connectivity index (χ3n) is 5.31. The maximum atomic E-state index is 14.6. The summed E-state index contributed by atoms with van der Waals surface area (Å²) in [6.45, 7) is 3.50. The summed E-state index contributed by atoms with van der Waals surface area (Å²) in [7, 11) is 0. The minimum Gasteiger partial charge on any atom is -0.421 e. The molecule has 2 nitrogen and oxygen atoms in total. The molecule has 0 amide bonds. The van der Waals surface area contributed by atoms with E-state index in [9.17, 15) is 22.4 Å². The van der Waals surface area contributed by atoms with Gasteiger partial charge in [0.25, 0.3) is 0 Å². The number of carbonyl (C=O) groups is 1. The SMILES string of the molecule is CCCCCCCC/C=C(/OC(=O)C(C)c1ccc(-c2ccccc2)c(F)c1)C(F)(F)F. The molecule has 32 heavy (non-hydrogen) atoms. The van der Waals surface area contributed by atoms with E-state index >= 15 is 0 Å². The summed E-state index contributed by atoms with van der Waals surface area (Å²) in [6.07, 6.45) is 2.05. The minimum atomic E-state index is -4.76. The molecular weight excluding hydrogens is 420 g/mol. The van der Waals surface area contributed by atoms with Crippen LogP contribution in [0.2, 0.25) is 0 Å². The Bertz CT molecular complexity index is 888. The quantitative estimate of drug-likeness (QED) is 0.149. The lowest BCUT2D eigenvalue weighted by Gasteiger charge is -2.16. The first-order valence-electron chi connectivity index (χ1n) is 11.1. The van der Waals surface area contributed by atoms with Crippen LogP contribution in [-0.2, 0) is 9.53 Å². The Kier molecular flexibility index (Phi) is 9.95. The first-order valence-corrected chi connectivity index (χ1v) is 11.1. The van der Waals surface area contributed by atoms with Crippen molar-refractivity contribution in [1.82, 2.24) is 0 Å². The van der Waals surface area contributed by atoms with Crippen LogP contribution in [0.4, 0.5) is 17.6 Å². The highest BCUT2D eigenvalue weighted by molar-refractivity contribution is 5.79. The van der Waals surface area contributed by atoms with Crippen LogP contribution in [0.25, 0.3) is 11.1 Å². The number of allylic oxidation sites excluding steroid dienone is 2. The van der Waals surface area contributed by atoms with E-state index in [0.717, 1.165) is 38.2 Å². The average molecular weight is 451 g/mol. The molecule has 174 valence electrons. The van der Waals surface area contributed by atoms with Gasteiger partial charge >= 0.3 is 12.1 Å². The van der Waals surface area contributed by atoms with Gasteiger partial charge in [0.15, 0.2) is 0 Å². The molecule has 0 aliphatic carbocycles. The minimum absolute atomic E-state index is 0.184. The van der Waals surface area contributed by atoms with E-state index in [1.807, 2.05) is 6.07 Å². The molecular formula is C26H30F4O2. The standard InChI is InChI=1S/C26H30F4O2/c1-3-4-5-6-7-8-12-15-24(26(28,29)30)32-25(31)19(2)21-16-17-22(23(27)18-21)20-13-10-9-11-14-20/h9-11,13-19H,3-8,12H2,1-2H3/b24-15+. The number of esters is 1. The predicted octanol–water partition coefficient (Wildman–Crippen LogP) is 8.34. The summed E-state index contributed by atoms with van der Waals surface area (Å²) in [5.74, 6) is -3.97. The number of rotatable bonds is 11. The van der Waals surface area contributed by atoms with Crippen molar-refractivity contribution < 1.29 is 27.1 Å². The number of hydrogen-bond acceptors (Lipinski definition) is 2. The van der Waals surface area contributed by atoms with Crippen LogP contribution in [0, 0.1) is 5.82 Å². The molecule has 6 heteroatoms. The Morgan fingerprint density at radius 2 is 1.66 bits per heavy atom. The molecule has 0 fully saturated rings. The number of ether oxygens (including phenoxy) is 1. The number of alkyl halides is 3. The Morgan fingerprint density at radius 1 is 1.00 bits per heavy atom. The van der Waals surface area contributed by atoms with E-state index in [0.29, 0.717) is 17.5 Å². The first kappa shape index (κ1) is 25.6. The third kappa shape index (κ3) is 7.81. The fourth-order valence-electron chi connectivity index (χ4n) is 3.36. The molecule has 0 aliphatic rings. The highest BCUT2D eigenvalue weighted by Gasteiger charge is 2.38. The van der Waals surface area contributed by atoms with E-state index in [1.165, 1.54) is 25.1 Å². The second-order valence-electron chi connectivity index (χ2n) is 7.87. The molecule has 0 bridgehead atoms. The van der Waals surface area contributed by atoms with E-state index in [1.54, 1.807) is 24.3 Å². The van der Waals surface area contributed by atoms with Crippen molar-refractivity contribution in [3.05, 3.63) is 71.7 Å². The molecule has 1 unspecified atom stereocenters. The summed E-state index contributed by atoms with van der Waals surface area (Å²) in [6, 6.07) is 13.1. The van der Waals surface area contributed by atoms with Gasteiger partial charge in [-0.3, -0.25) is 4.79 Å². The average Bonchev–Trinajstić information content (AvgIpc) is 2.76. The van der Waals surface area contributed by atoms with Crippen LogP contribution in [0.1, 0.15) is 70.3 Å². The van der Waals surface area contributed by atoms with E-state index in [4.69, 9.17) is 4.74 Å². The van der Waals surface area contributed by atoms with Crippen molar-refractivity contribution in [3.8, 4) is 11.1 Å². The van der Waals surface area contributed by atoms with Crippen molar-refractivity contribution >= 4 is 5.97 Å². The van der Waals surface area contributed by atoms with Gasteiger partial charge in [-0.1, -0.05) is 81.5 Å². The number of halogens is 4. The lowest BCUT2D eigenvalue weighted by molar-refractivity contribution is -0.161.